The highest BCUT2D eigenvalue weighted by Gasteiger charge is 2.21. The summed E-state index contributed by atoms with van der Waals surface area (Å²) in [6.07, 6.45) is 3.37. The third-order valence-electron chi connectivity index (χ3n) is 2.55. The third-order valence-corrected chi connectivity index (χ3v) is 3.91. The molecule has 0 aromatic carbocycles. The lowest BCUT2D eigenvalue weighted by atomic mass is 10.1. The monoisotopic (exact) mass is 196 g/mol. The highest BCUT2D eigenvalue weighted by Crippen LogP contribution is 2.30. The molecule has 13 heavy (non-hydrogen) atoms. The number of nitrogens with one attached hydrogen (secondary N) is 1. The van der Waals surface area contributed by atoms with Crippen LogP contribution in [0, 0.1) is 0 Å². The Morgan fingerprint density at radius 1 is 1.54 bits per heavy atom. The second kappa shape index (κ2) is 3.76. The molecule has 2 rings (SSSR count). The van der Waals surface area contributed by atoms with Gasteiger partial charge in [-0.15, -0.1) is 11.3 Å². The molecule has 0 radical (unpaired) electrons. The first-order valence-corrected chi connectivity index (χ1v) is 5.88. The van der Waals surface area contributed by atoms with Gasteiger partial charge in [0.1, 0.15) is 0 Å². The van der Waals surface area contributed by atoms with Crippen LogP contribution in [0.2, 0.25) is 0 Å². The zero-order valence-corrected chi connectivity index (χ0v) is 9.08. The van der Waals surface area contributed by atoms with E-state index in [1.165, 1.54) is 22.0 Å². The van der Waals surface area contributed by atoms with Crippen molar-refractivity contribution < 1.29 is 0 Å². The summed E-state index contributed by atoms with van der Waals surface area (Å²) in [4.78, 5) is 6.14. The minimum absolute atomic E-state index is 0.571. The second-order valence-electron chi connectivity index (χ2n) is 3.44. The lowest BCUT2D eigenvalue weighted by Crippen LogP contribution is -2.28. The maximum Gasteiger partial charge on any atom is 0.0929 e. The second-order valence-corrected chi connectivity index (χ2v) is 4.55. The van der Waals surface area contributed by atoms with Crippen molar-refractivity contribution in [3.05, 3.63) is 15.6 Å². The number of hydrogen-bond acceptors (Lipinski definition) is 3. The quantitative estimate of drug-likeness (QED) is 0.785. The van der Waals surface area contributed by atoms with E-state index in [0.29, 0.717) is 6.04 Å². The summed E-state index contributed by atoms with van der Waals surface area (Å²) in [6.45, 7) is 5.51. The molecule has 2 nitrogen and oxygen atoms in total. The summed E-state index contributed by atoms with van der Waals surface area (Å²) in [7, 11) is 0. The van der Waals surface area contributed by atoms with Crippen LogP contribution in [0.1, 0.15) is 41.9 Å². The molecule has 3 heteroatoms. The van der Waals surface area contributed by atoms with Crippen molar-refractivity contribution in [2.24, 2.45) is 0 Å². The van der Waals surface area contributed by atoms with Crippen molar-refractivity contribution >= 4 is 11.3 Å². The summed E-state index contributed by atoms with van der Waals surface area (Å²) in [6, 6.07) is 0.571. The SMILES string of the molecule is CCc1nc2c(s1)[C@@H](CC)NCC2. The largest absolute Gasteiger partial charge is 0.309 e. The lowest BCUT2D eigenvalue weighted by molar-refractivity contribution is 0.497. The zero-order chi connectivity index (χ0) is 9.26. The van der Waals surface area contributed by atoms with Gasteiger partial charge in [0.15, 0.2) is 0 Å². The van der Waals surface area contributed by atoms with Gasteiger partial charge in [0.25, 0.3) is 0 Å². The molecule has 1 aliphatic rings. The van der Waals surface area contributed by atoms with E-state index in [1.807, 2.05) is 11.3 Å². The highest BCUT2D eigenvalue weighted by atomic mass is 32.1. The fraction of sp³-hybridized carbons (Fsp3) is 0.700. The van der Waals surface area contributed by atoms with E-state index in [4.69, 9.17) is 0 Å². The average Bonchev–Trinajstić information content (AvgIpc) is 2.59. The summed E-state index contributed by atoms with van der Waals surface area (Å²) in [5.74, 6) is 0. The van der Waals surface area contributed by atoms with Gasteiger partial charge in [-0.25, -0.2) is 4.98 Å². The van der Waals surface area contributed by atoms with Crippen LogP contribution in [0.3, 0.4) is 0 Å². The molecule has 0 saturated carbocycles. The topological polar surface area (TPSA) is 24.9 Å². The highest BCUT2D eigenvalue weighted by molar-refractivity contribution is 7.11. The molecular weight excluding hydrogens is 180 g/mol. The molecule has 0 unspecified atom stereocenters. The van der Waals surface area contributed by atoms with Gasteiger partial charge < -0.3 is 5.32 Å². The Morgan fingerprint density at radius 2 is 2.38 bits per heavy atom. The predicted molar refractivity (Wildman–Crippen MR) is 56.2 cm³/mol. The first-order chi connectivity index (χ1) is 6.35. The maximum absolute atomic E-state index is 4.65. The number of aryl methyl sites for hydroxylation is 1. The average molecular weight is 196 g/mol. The number of fused-ring (bicyclic) bond motifs is 1. The minimum atomic E-state index is 0.571. The van der Waals surface area contributed by atoms with E-state index in [9.17, 15) is 0 Å². The van der Waals surface area contributed by atoms with Crippen LogP contribution in [0.25, 0.3) is 0 Å². The Kier molecular flexibility index (Phi) is 2.65. The van der Waals surface area contributed by atoms with Crippen LogP contribution in [0.5, 0.6) is 0 Å². The van der Waals surface area contributed by atoms with Crippen LogP contribution in [0.4, 0.5) is 0 Å². The van der Waals surface area contributed by atoms with Gasteiger partial charge in [-0.3, -0.25) is 0 Å². The Labute approximate surface area is 83.4 Å². The standard InChI is InChI=1S/C10H16N2S/c1-3-7-10-8(5-6-11-7)12-9(4-2)13-10/h7,11H,3-6H2,1-2H3/t7-/m1/s1. The van der Waals surface area contributed by atoms with Crippen molar-refractivity contribution in [2.75, 3.05) is 6.54 Å². The summed E-state index contributed by atoms with van der Waals surface area (Å²) in [5.41, 5.74) is 1.35. The molecule has 0 spiro atoms. The maximum atomic E-state index is 4.65. The minimum Gasteiger partial charge on any atom is -0.309 e. The van der Waals surface area contributed by atoms with E-state index in [-0.39, 0.29) is 0 Å². The fourth-order valence-electron chi connectivity index (χ4n) is 1.80. The van der Waals surface area contributed by atoms with Gasteiger partial charge in [-0.2, -0.15) is 0 Å². The van der Waals surface area contributed by atoms with E-state index in [1.54, 1.807) is 0 Å². The van der Waals surface area contributed by atoms with Gasteiger partial charge in [0.05, 0.1) is 10.7 Å². The molecule has 0 amide bonds. The molecule has 1 aliphatic heterocycles. The summed E-state index contributed by atoms with van der Waals surface area (Å²) in [5, 5.41) is 4.83. The Balaban J connectivity index is 2.32. The van der Waals surface area contributed by atoms with Crippen molar-refractivity contribution in [1.82, 2.24) is 10.3 Å². The van der Waals surface area contributed by atoms with E-state index in [2.05, 4.69) is 24.1 Å². The van der Waals surface area contributed by atoms with Crippen LogP contribution < -0.4 is 5.32 Å². The Bertz CT molecular complexity index is 293. The van der Waals surface area contributed by atoms with Crippen LogP contribution in [0.15, 0.2) is 0 Å². The first-order valence-electron chi connectivity index (χ1n) is 5.07. The number of rotatable bonds is 2. The molecule has 0 fully saturated rings. The van der Waals surface area contributed by atoms with Crippen molar-refractivity contribution in [3.8, 4) is 0 Å². The number of aromatic nitrogens is 1. The molecule has 1 aromatic rings. The normalized spacial score (nSPS) is 21.5. The molecule has 0 bridgehead atoms. The molecule has 1 atom stereocenters. The number of thiazole rings is 1. The molecule has 2 heterocycles. The Hall–Kier alpha value is -0.410. The molecule has 72 valence electrons. The summed E-state index contributed by atoms with van der Waals surface area (Å²) < 4.78 is 0. The van der Waals surface area contributed by atoms with E-state index >= 15 is 0 Å². The van der Waals surface area contributed by atoms with Gasteiger partial charge in [0.2, 0.25) is 0 Å². The molecule has 1 aromatic heterocycles. The smallest absolute Gasteiger partial charge is 0.0929 e. The van der Waals surface area contributed by atoms with Gasteiger partial charge in [-0.1, -0.05) is 13.8 Å². The zero-order valence-electron chi connectivity index (χ0n) is 8.26. The van der Waals surface area contributed by atoms with Crippen LogP contribution in [-0.4, -0.2) is 11.5 Å². The molecule has 0 aliphatic carbocycles. The van der Waals surface area contributed by atoms with Gasteiger partial charge in [0, 0.05) is 23.9 Å². The number of nitrogens with zero attached hydrogens (tertiary/aromatic N) is 1. The molecule has 1 N–H and O–H groups in total. The summed E-state index contributed by atoms with van der Waals surface area (Å²) >= 11 is 1.89. The number of hydrogen-bond donors (Lipinski definition) is 1. The first kappa shape index (κ1) is 9.16. The van der Waals surface area contributed by atoms with Crippen molar-refractivity contribution in [3.63, 3.8) is 0 Å². The molecular formula is C10H16N2S. The van der Waals surface area contributed by atoms with Gasteiger partial charge >= 0.3 is 0 Å². The van der Waals surface area contributed by atoms with E-state index in [0.717, 1.165) is 19.4 Å². The van der Waals surface area contributed by atoms with E-state index < -0.39 is 0 Å². The van der Waals surface area contributed by atoms with Crippen molar-refractivity contribution in [1.29, 1.82) is 0 Å². The van der Waals surface area contributed by atoms with Gasteiger partial charge in [-0.05, 0) is 12.8 Å². The Morgan fingerprint density at radius 3 is 3.08 bits per heavy atom. The van der Waals surface area contributed by atoms with Crippen LogP contribution >= 0.6 is 11.3 Å². The third kappa shape index (κ3) is 1.63. The molecule has 0 saturated heterocycles. The lowest BCUT2D eigenvalue weighted by Gasteiger charge is -2.21. The fourth-order valence-corrected chi connectivity index (χ4v) is 3.02. The van der Waals surface area contributed by atoms with Crippen LogP contribution in [-0.2, 0) is 12.8 Å². The predicted octanol–water partition coefficient (Wildman–Crippen LogP) is 2.30. The van der Waals surface area contributed by atoms with Crippen molar-refractivity contribution in [2.45, 2.75) is 39.2 Å².